The van der Waals surface area contributed by atoms with Gasteiger partial charge in [0.25, 0.3) is 0 Å². The Morgan fingerprint density at radius 1 is 1.41 bits per heavy atom. The number of hydrogen-bond acceptors (Lipinski definition) is 3. The smallest absolute Gasteiger partial charge is 0.221 e. The highest BCUT2D eigenvalue weighted by molar-refractivity contribution is 5.76. The molecule has 2 fully saturated rings. The van der Waals surface area contributed by atoms with Crippen molar-refractivity contribution >= 4 is 5.91 Å². The van der Waals surface area contributed by atoms with Gasteiger partial charge >= 0.3 is 0 Å². The molecular formula is C13H24N2O2. The Hall–Kier alpha value is -0.610. The van der Waals surface area contributed by atoms with Gasteiger partial charge in [0.15, 0.2) is 0 Å². The number of carbonyl (C=O) groups excluding carboxylic acids is 1. The molecule has 4 nitrogen and oxygen atoms in total. The van der Waals surface area contributed by atoms with E-state index in [2.05, 4.69) is 10.2 Å². The first-order chi connectivity index (χ1) is 8.05. The molecule has 1 aliphatic carbocycles. The third-order valence-corrected chi connectivity index (χ3v) is 3.75. The van der Waals surface area contributed by atoms with Crippen molar-refractivity contribution in [1.82, 2.24) is 10.2 Å². The second kappa shape index (κ2) is 5.36. The minimum atomic E-state index is -0.509. The Labute approximate surface area is 103 Å². The van der Waals surface area contributed by atoms with Crippen LogP contribution >= 0.6 is 0 Å². The van der Waals surface area contributed by atoms with Crippen LogP contribution in [0, 0.1) is 0 Å². The zero-order valence-electron chi connectivity index (χ0n) is 10.7. The molecule has 2 rings (SSSR count). The third kappa shape index (κ3) is 4.64. The van der Waals surface area contributed by atoms with Crippen molar-refractivity contribution in [2.45, 2.75) is 57.1 Å². The average Bonchev–Trinajstić information content (AvgIpc) is 3.05. The molecule has 0 bridgehead atoms. The molecule has 0 aromatic heterocycles. The van der Waals surface area contributed by atoms with Crippen LogP contribution in [0.1, 0.15) is 45.4 Å². The van der Waals surface area contributed by atoms with Gasteiger partial charge in [0, 0.05) is 25.6 Å². The predicted octanol–water partition coefficient (Wildman–Crippen LogP) is 0.892. The average molecular weight is 240 g/mol. The summed E-state index contributed by atoms with van der Waals surface area (Å²) in [5, 5.41) is 13.0. The SMILES string of the molecule is CC1(O)CCCN(CCC(=O)NC2CC2)CC1. The van der Waals surface area contributed by atoms with Gasteiger partial charge in [0.2, 0.25) is 5.91 Å². The molecule has 1 aliphatic heterocycles. The maximum Gasteiger partial charge on any atom is 0.221 e. The van der Waals surface area contributed by atoms with Crippen molar-refractivity contribution in [1.29, 1.82) is 0 Å². The topological polar surface area (TPSA) is 52.6 Å². The van der Waals surface area contributed by atoms with Crippen LogP contribution in [0.15, 0.2) is 0 Å². The van der Waals surface area contributed by atoms with Crippen molar-refractivity contribution in [2.75, 3.05) is 19.6 Å². The molecule has 1 saturated heterocycles. The fourth-order valence-corrected chi connectivity index (χ4v) is 2.33. The Balaban J connectivity index is 1.66. The molecule has 1 heterocycles. The van der Waals surface area contributed by atoms with Crippen LogP contribution < -0.4 is 5.32 Å². The predicted molar refractivity (Wildman–Crippen MR) is 66.7 cm³/mol. The summed E-state index contributed by atoms with van der Waals surface area (Å²) < 4.78 is 0. The van der Waals surface area contributed by atoms with Crippen LogP contribution in [-0.2, 0) is 4.79 Å². The van der Waals surface area contributed by atoms with E-state index in [1.165, 1.54) is 0 Å². The van der Waals surface area contributed by atoms with Gasteiger partial charge in [-0.15, -0.1) is 0 Å². The maximum atomic E-state index is 11.6. The van der Waals surface area contributed by atoms with Crippen LogP contribution in [0.2, 0.25) is 0 Å². The lowest BCUT2D eigenvalue weighted by atomic mass is 9.98. The lowest BCUT2D eigenvalue weighted by Crippen LogP contribution is -2.33. The van der Waals surface area contributed by atoms with Gasteiger partial charge in [0.1, 0.15) is 0 Å². The molecule has 1 saturated carbocycles. The Kier molecular flexibility index (Phi) is 4.05. The summed E-state index contributed by atoms with van der Waals surface area (Å²) in [6.45, 7) is 4.65. The van der Waals surface area contributed by atoms with E-state index in [1.54, 1.807) is 0 Å². The van der Waals surface area contributed by atoms with E-state index in [0.717, 1.165) is 51.7 Å². The first kappa shape index (κ1) is 12.8. The number of aliphatic hydroxyl groups is 1. The second-order valence-corrected chi connectivity index (χ2v) is 5.78. The van der Waals surface area contributed by atoms with Gasteiger partial charge in [-0.3, -0.25) is 4.79 Å². The summed E-state index contributed by atoms with van der Waals surface area (Å²) >= 11 is 0. The van der Waals surface area contributed by atoms with Crippen molar-refractivity contribution in [3.8, 4) is 0 Å². The minimum absolute atomic E-state index is 0.184. The number of carbonyl (C=O) groups is 1. The number of rotatable bonds is 4. The molecule has 0 aromatic carbocycles. The summed E-state index contributed by atoms with van der Waals surface area (Å²) in [5.41, 5.74) is -0.509. The lowest BCUT2D eigenvalue weighted by molar-refractivity contribution is -0.121. The zero-order chi connectivity index (χ0) is 12.3. The van der Waals surface area contributed by atoms with Gasteiger partial charge in [-0.05, 0) is 45.6 Å². The molecule has 1 unspecified atom stereocenters. The fourth-order valence-electron chi connectivity index (χ4n) is 2.33. The number of hydrogen-bond donors (Lipinski definition) is 2. The first-order valence-corrected chi connectivity index (χ1v) is 6.79. The van der Waals surface area contributed by atoms with Crippen molar-refractivity contribution in [3.05, 3.63) is 0 Å². The zero-order valence-corrected chi connectivity index (χ0v) is 10.7. The van der Waals surface area contributed by atoms with Crippen LogP contribution in [0.4, 0.5) is 0 Å². The Morgan fingerprint density at radius 3 is 2.88 bits per heavy atom. The van der Waals surface area contributed by atoms with Crippen LogP contribution in [0.5, 0.6) is 0 Å². The first-order valence-electron chi connectivity index (χ1n) is 6.79. The molecule has 2 N–H and O–H groups in total. The highest BCUT2D eigenvalue weighted by Gasteiger charge is 2.26. The molecule has 1 amide bonds. The van der Waals surface area contributed by atoms with Crippen molar-refractivity contribution in [2.24, 2.45) is 0 Å². The molecule has 0 spiro atoms. The minimum Gasteiger partial charge on any atom is -0.390 e. The fraction of sp³-hybridized carbons (Fsp3) is 0.923. The second-order valence-electron chi connectivity index (χ2n) is 5.78. The van der Waals surface area contributed by atoms with Gasteiger partial charge in [-0.1, -0.05) is 0 Å². The molecule has 2 aliphatic rings. The van der Waals surface area contributed by atoms with Gasteiger partial charge in [0.05, 0.1) is 5.60 Å². The standard InChI is InChI=1S/C13H24N2O2/c1-13(17)6-2-8-15(10-7-13)9-5-12(16)14-11-3-4-11/h11,17H,2-10H2,1H3,(H,14,16). The number of nitrogens with one attached hydrogen (secondary N) is 1. The largest absolute Gasteiger partial charge is 0.390 e. The molecule has 98 valence electrons. The van der Waals surface area contributed by atoms with Crippen LogP contribution in [0.25, 0.3) is 0 Å². The van der Waals surface area contributed by atoms with E-state index < -0.39 is 5.60 Å². The normalized spacial score (nSPS) is 30.9. The molecule has 0 radical (unpaired) electrons. The molecule has 4 heteroatoms. The highest BCUT2D eigenvalue weighted by Crippen LogP contribution is 2.21. The summed E-state index contributed by atoms with van der Waals surface area (Å²) in [6, 6.07) is 0.465. The third-order valence-electron chi connectivity index (χ3n) is 3.75. The van der Waals surface area contributed by atoms with E-state index in [4.69, 9.17) is 0 Å². The molecule has 1 atom stereocenters. The number of amides is 1. The quantitative estimate of drug-likeness (QED) is 0.767. The van der Waals surface area contributed by atoms with Gasteiger partial charge in [-0.2, -0.15) is 0 Å². The van der Waals surface area contributed by atoms with E-state index >= 15 is 0 Å². The highest BCUT2D eigenvalue weighted by atomic mass is 16.3. The maximum absolute atomic E-state index is 11.6. The van der Waals surface area contributed by atoms with Crippen LogP contribution in [-0.4, -0.2) is 47.2 Å². The Bertz CT molecular complexity index is 275. The van der Waals surface area contributed by atoms with E-state index in [1.807, 2.05) is 6.92 Å². The van der Waals surface area contributed by atoms with Crippen molar-refractivity contribution in [3.63, 3.8) is 0 Å². The van der Waals surface area contributed by atoms with Crippen molar-refractivity contribution < 1.29 is 9.90 Å². The molecule has 17 heavy (non-hydrogen) atoms. The van der Waals surface area contributed by atoms with E-state index in [-0.39, 0.29) is 5.91 Å². The lowest BCUT2D eigenvalue weighted by Gasteiger charge is -2.22. The van der Waals surface area contributed by atoms with E-state index in [0.29, 0.717) is 12.5 Å². The van der Waals surface area contributed by atoms with Gasteiger partial charge < -0.3 is 15.3 Å². The molecular weight excluding hydrogens is 216 g/mol. The number of likely N-dealkylation sites (tertiary alicyclic amines) is 1. The van der Waals surface area contributed by atoms with Crippen LogP contribution in [0.3, 0.4) is 0 Å². The summed E-state index contributed by atoms with van der Waals surface area (Å²) in [7, 11) is 0. The monoisotopic (exact) mass is 240 g/mol. The van der Waals surface area contributed by atoms with Gasteiger partial charge in [-0.25, -0.2) is 0 Å². The summed E-state index contributed by atoms with van der Waals surface area (Å²) in [4.78, 5) is 13.9. The summed E-state index contributed by atoms with van der Waals surface area (Å²) in [5.74, 6) is 0.184. The number of nitrogens with zero attached hydrogens (tertiary/aromatic N) is 1. The Morgan fingerprint density at radius 2 is 2.18 bits per heavy atom. The summed E-state index contributed by atoms with van der Waals surface area (Å²) in [6.07, 6.45) is 5.61. The molecule has 0 aromatic rings. The van der Waals surface area contributed by atoms with E-state index in [9.17, 15) is 9.90 Å².